The Labute approximate surface area is 188 Å². The molecule has 1 heterocycles. The Morgan fingerprint density at radius 3 is 2.50 bits per heavy atom. The van der Waals surface area contributed by atoms with Gasteiger partial charge in [-0.2, -0.15) is 18.6 Å². The van der Waals surface area contributed by atoms with Gasteiger partial charge in [-0.25, -0.2) is 4.68 Å². The summed E-state index contributed by atoms with van der Waals surface area (Å²) in [4.78, 5) is 12.1. The molecule has 3 aromatic rings. The fourth-order valence-corrected chi connectivity index (χ4v) is 3.78. The molecule has 1 atom stereocenters. The second-order valence-corrected chi connectivity index (χ2v) is 7.92. The van der Waals surface area contributed by atoms with E-state index >= 15 is 0 Å². The minimum Gasteiger partial charge on any atom is -0.494 e. The number of ether oxygens (including phenoxy) is 2. The van der Waals surface area contributed by atoms with Crippen molar-refractivity contribution in [3.63, 3.8) is 0 Å². The molecule has 0 unspecified atom stereocenters. The molecule has 0 amide bonds. The lowest BCUT2D eigenvalue weighted by Crippen LogP contribution is -2.22. The number of halogens is 1. The van der Waals surface area contributed by atoms with Crippen molar-refractivity contribution >= 4 is 31.1 Å². The van der Waals surface area contributed by atoms with Crippen LogP contribution in [0.5, 0.6) is 5.75 Å². The molecule has 7 heteroatoms. The predicted octanol–water partition coefficient (Wildman–Crippen LogP) is 4.98. The Morgan fingerprint density at radius 1 is 1.13 bits per heavy atom. The molecule has 1 aliphatic carbocycles. The Morgan fingerprint density at radius 2 is 1.83 bits per heavy atom. The number of rotatable bonds is 5. The van der Waals surface area contributed by atoms with E-state index in [2.05, 4.69) is 0 Å². The second-order valence-electron chi connectivity index (χ2n) is 7.49. The molecule has 0 N–H and O–H groups in total. The molecule has 1 aliphatic rings. The summed E-state index contributed by atoms with van der Waals surface area (Å²) in [7, 11) is 1.65. The van der Waals surface area contributed by atoms with E-state index in [4.69, 9.17) is 26.2 Å². The van der Waals surface area contributed by atoms with E-state index in [0.717, 1.165) is 34.0 Å². The van der Waals surface area contributed by atoms with Crippen LogP contribution < -0.4 is 4.74 Å². The first-order valence-electron chi connectivity index (χ1n) is 9.68. The number of nitrogens with zero attached hydrogens (tertiary/aromatic N) is 2. The molecule has 0 saturated heterocycles. The molecule has 0 bridgehead atoms. The number of methoxy groups -OCH3 is 1. The maximum Gasteiger partial charge on any atom is 0.308 e. The van der Waals surface area contributed by atoms with Gasteiger partial charge in [0.1, 0.15) is 17.5 Å². The average Bonchev–Trinajstić information content (AvgIpc) is 3.25. The minimum absolute atomic E-state index is 0. The SMILES string of the molecule is COc1ccccc1-n1nc2c(c1-c1ccc(Cl)cc1)C[C@H](OC(=O)C(C)C)C2.S. The van der Waals surface area contributed by atoms with Crippen LogP contribution >= 0.6 is 25.1 Å². The molecule has 0 radical (unpaired) electrons. The second kappa shape index (κ2) is 9.14. The number of aromatic nitrogens is 2. The maximum absolute atomic E-state index is 12.1. The molecule has 4 rings (SSSR count). The summed E-state index contributed by atoms with van der Waals surface area (Å²) in [5, 5.41) is 5.56. The normalized spacial score (nSPS) is 14.9. The van der Waals surface area contributed by atoms with Crippen molar-refractivity contribution in [2.24, 2.45) is 5.92 Å². The van der Waals surface area contributed by atoms with E-state index in [1.807, 2.05) is 67.1 Å². The van der Waals surface area contributed by atoms with E-state index in [-0.39, 0.29) is 31.5 Å². The Hall–Kier alpha value is -2.44. The molecular formula is C23H25ClN2O3S. The van der Waals surface area contributed by atoms with Gasteiger partial charge in [-0.05, 0) is 24.3 Å². The van der Waals surface area contributed by atoms with Crippen molar-refractivity contribution in [2.45, 2.75) is 32.8 Å². The van der Waals surface area contributed by atoms with Crippen LogP contribution in [-0.2, 0) is 22.4 Å². The van der Waals surface area contributed by atoms with Gasteiger partial charge in [0.2, 0.25) is 0 Å². The summed E-state index contributed by atoms with van der Waals surface area (Å²) < 4.78 is 13.2. The first-order chi connectivity index (χ1) is 14.0. The molecular weight excluding hydrogens is 420 g/mol. The first-order valence-corrected chi connectivity index (χ1v) is 10.1. The summed E-state index contributed by atoms with van der Waals surface area (Å²) in [6.07, 6.45) is 1.07. The smallest absolute Gasteiger partial charge is 0.308 e. The molecule has 158 valence electrons. The highest BCUT2D eigenvalue weighted by Gasteiger charge is 2.33. The van der Waals surface area contributed by atoms with Gasteiger partial charge < -0.3 is 9.47 Å². The lowest BCUT2D eigenvalue weighted by atomic mass is 10.1. The van der Waals surface area contributed by atoms with E-state index in [0.29, 0.717) is 17.9 Å². The van der Waals surface area contributed by atoms with Crippen molar-refractivity contribution in [2.75, 3.05) is 7.11 Å². The molecule has 0 fully saturated rings. The molecule has 0 aliphatic heterocycles. The molecule has 0 spiro atoms. The summed E-state index contributed by atoms with van der Waals surface area (Å²) >= 11 is 6.10. The summed E-state index contributed by atoms with van der Waals surface area (Å²) in [6.45, 7) is 3.69. The fourth-order valence-electron chi connectivity index (χ4n) is 3.66. The maximum atomic E-state index is 12.1. The molecule has 1 aromatic heterocycles. The van der Waals surface area contributed by atoms with Crippen molar-refractivity contribution in [1.82, 2.24) is 9.78 Å². The highest BCUT2D eigenvalue weighted by atomic mass is 35.5. The van der Waals surface area contributed by atoms with Crippen molar-refractivity contribution in [3.8, 4) is 22.7 Å². The van der Waals surface area contributed by atoms with E-state index in [1.165, 1.54) is 0 Å². The van der Waals surface area contributed by atoms with E-state index in [1.54, 1.807) is 7.11 Å². The molecule has 2 aromatic carbocycles. The number of fused-ring (bicyclic) bond motifs is 1. The quantitative estimate of drug-likeness (QED) is 0.521. The number of para-hydroxylation sites is 2. The van der Waals surface area contributed by atoms with Gasteiger partial charge in [-0.15, -0.1) is 0 Å². The monoisotopic (exact) mass is 444 g/mol. The van der Waals surface area contributed by atoms with Crippen molar-refractivity contribution < 1.29 is 14.3 Å². The molecule has 5 nitrogen and oxygen atoms in total. The van der Waals surface area contributed by atoms with Gasteiger partial charge in [0.15, 0.2) is 0 Å². The number of carbonyl (C=O) groups excluding carboxylic acids is 1. The van der Waals surface area contributed by atoms with Crippen LogP contribution in [0.4, 0.5) is 0 Å². The molecule has 30 heavy (non-hydrogen) atoms. The van der Waals surface area contributed by atoms with Gasteiger partial charge >= 0.3 is 5.97 Å². The van der Waals surface area contributed by atoms with E-state index in [9.17, 15) is 4.79 Å². The Bertz CT molecular complexity index is 1050. The van der Waals surface area contributed by atoms with Crippen molar-refractivity contribution in [3.05, 3.63) is 64.8 Å². The van der Waals surface area contributed by atoms with Gasteiger partial charge in [0, 0.05) is 29.0 Å². The predicted molar refractivity (Wildman–Crippen MR) is 123 cm³/mol. The van der Waals surface area contributed by atoms with Crippen LogP contribution in [0, 0.1) is 5.92 Å². The number of carbonyl (C=O) groups is 1. The third-order valence-electron chi connectivity index (χ3n) is 5.10. The lowest BCUT2D eigenvalue weighted by molar-refractivity contribution is -0.152. The van der Waals surface area contributed by atoms with E-state index < -0.39 is 0 Å². The zero-order valence-electron chi connectivity index (χ0n) is 17.2. The van der Waals surface area contributed by atoms with Crippen LogP contribution in [0.3, 0.4) is 0 Å². The van der Waals surface area contributed by atoms with Crippen LogP contribution in [0.2, 0.25) is 5.02 Å². The number of esters is 1. The summed E-state index contributed by atoms with van der Waals surface area (Å²) in [5.41, 5.74) is 4.89. The highest BCUT2D eigenvalue weighted by Crippen LogP contribution is 2.37. The van der Waals surface area contributed by atoms with Gasteiger partial charge in [0.25, 0.3) is 0 Å². The standard InChI is InChI=1S/C23H23ClN2O3.H2S/c1-14(2)23(27)29-17-12-18-19(13-17)25-26(20-6-4-5-7-21(20)28-3)22(18)15-8-10-16(24)11-9-15;/h4-11,14,17H,12-13H2,1-3H3;1H2/t17-;/m0./s1. The third-order valence-corrected chi connectivity index (χ3v) is 5.36. The van der Waals surface area contributed by atoms with Crippen LogP contribution in [0.15, 0.2) is 48.5 Å². The summed E-state index contributed by atoms with van der Waals surface area (Å²) in [5.74, 6) is 0.421. The zero-order chi connectivity index (χ0) is 20.5. The lowest BCUT2D eigenvalue weighted by Gasteiger charge is -2.16. The van der Waals surface area contributed by atoms with Crippen molar-refractivity contribution in [1.29, 1.82) is 0 Å². The summed E-state index contributed by atoms with van der Waals surface area (Å²) in [6, 6.07) is 15.5. The largest absolute Gasteiger partial charge is 0.494 e. The molecule has 0 saturated carbocycles. The zero-order valence-corrected chi connectivity index (χ0v) is 18.9. The average molecular weight is 445 g/mol. The minimum atomic E-state index is -0.180. The van der Waals surface area contributed by atoms with Crippen LogP contribution in [0.25, 0.3) is 16.9 Å². The Kier molecular flexibility index (Phi) is 6.78. The third kappa shape index (κ3) is 4.20. The van der Waals surface area contributed by atoms with Gasteiger partial charge in [-0.3, -0.25) is 4.79 Å². The van der Waals surface area contributed by atoms with Gasteiger partial charge in [-0.1, -0.05) is 49.7 Å². The Balaban J connectivity index is 0.00000256. The number of hydrogen-bond acceptors (Lipinski definition) is 4. The fraction of sp³-hybridized carbons (Fsp3) is 0.304. The topological polar surface area (TPSA) is 53.4 Å². The number of hydrogen-bond donors (Lipinski definition) is 0. The highest BCUT2D eigenvalue weighted by molar-refractivity contribution is 7.59. The number of benzene rings is 2. The van der Waals surface area contributed by atoms with Crippen LogP contribution in [-0.4, -0.2) is 29.0 Å². The van der Waals surface area contributed by atoms with Gasteiger partial charge in [0.05, 0.1) is 24.4 Å². The van der Waals surface area contributed by atoms with Crippen LogP contribution in [0.1, 0.15) is 25.1 Å². The first kappa shape index (κ1) is 22.2.